The van der Waals surface area contributed by atoms with E-state index in [1.165, 1.54) is 5.56 Å². The zero-order valence-electron chi connectivity index (χ0n) is 15.6. The van der Waals surface area contributed by atoms with E-state index in [9.17, 15) is 8.42 Å². The van der Waals surface area contributed by atoms with Crippen LogP contribution in [0.25, 0.3) is 0 Å². The minimum Gasteiger partial charge on any atom is -0.497 e. The lowest BCUT2D eigenvalue weighted by Gasteiger charge is -2.34. The summed E-state index contributed by atoms with van der Waals surface area (Å²) in [7, 11) is -1.77. The predicted molar refractivity (Wildman–Crippen MR) is 103 cm³/mol. The van der Waals surface area contributed by atoms with Crippen LogP contribution < -0.4 is 4.74 Å². The Morgan fingerprint density at radius 2 is 1.62 bits per heavy atom. The van der Waals surface area contributed by atoms with Crippen LogP contribution in [0.15, 0.2) is 47.4 Å². The fourth-order valence-corrected chi connectivity index (χ4v) is 4.97. The molecule has 0 bridgehead atoms. The van der Waals surface area contributed by atoms with Gasteiger partial charge in [-0.2, -0.15) is 4.31 Å². The van der Waals surface area contributed by atoms with E-state index in [1.54, 1.807) is 17.5 Å². The monoisotopic (exact) mass is 374 g/mol. The molecule has 1 aliphatic rings. The highest BCUT2D eigenvalue weighted by molar-refractivity contribution is 7.89. The van der Waals surface area contributed by atoms with Crippen molar-refractivity contribution in [1.82, 2.24) is 9.21 Å². The van der Waals surface area contributed by atoms with Crippen LogP contribution in [0.2, 0.25) is 0 Å². The van der Waals surface area contributed by atoms with Crippen molar-refractivity contribution >= 4 is 10.0 Å². The van der Waals surface area contributed by atoms with Crippen molar-refractivity contribution in [1.29, 1.82) is 0 Å². The zero-order valence-corrected chi connectivity index (χ0v) is 16.4. The van der Waals surface area contributed by atoms with Crippen molar-refractivity contribution in [2.75, 3.05) is 33.3 Å². The maximum absolute atomic E-state index is 13.0. The fraction of sp³-hybridized carbons (Fsp3) is 0.400. The van der Waals surface area contributed by atoms with Gasteiger partial charge < -0.3 is 4.74 Å². The molecule has 2 aromatic rings. The Bertz CT molecular complexity index is 855. The standard InChI is InChI=1S/C20H26N2O3S/c1-16-4-5-17(2)20(14-16)26(23,24)22-12-10-21(11-13-22)15-18-6-8-19(25-3)9-7-18/h4-9,14H,10-13,15H2,1-3H3. The molecule has 0 unspecified atom stereocenters. The zero-order chi connectivity index (χ0) is 18.7. The average molecular weight is 375 g/mol. The molecule has 3 rings (SSSR count). The van der Waals surface area contributed by atoms with Gasteiger partial charge in [0, 0.05) is 32.7 Å². The van der Waals surface area contributed by atoms with Crippen LogP contribution in [-0.2, 0) is 16.6 Å². The highest BCUT2D eigenvalue weighted by Gasteiger charge is 2.29. The molecule has 6 heteroatoms. The Hall–Kier alpha value is -1.89. The van der Waals surface area contributed by atoms with Crippen LogP contribution in [0.1, 0.15) is 16.7 Å². The number of methoxy groups -OCH3 is 1. The summed E-state index contributed by atoms with van der Waals surface area (Å²) in [5, 5.41) is 0. The number of sulfonamides is 1. The molecule has 1 heterocycles. The summed E-state index contributed by atoms with van der Waals surface area (Å²) in [6.07, 6.45) is 0. The molecule has 2 aromatic carbocycles. The molecule has 0 amide bonds. The molecule has 26 heavy (non-hydrogen) atoms. The van der Waals surface area contributed by atoms with Crippen molar-refractivity contribution in [3.63, 3.8) is 0 Å². The fourth-order valence-electron chi connectivity index (χ4n) is 3.24. The molecule has 0 N–H and O–H groups in total. The number of nitrogens with zero attached hydrogens (tertiary/aromatic N) is 2. The SMILES string of the molecule is COc1ccc(CN2CCN(S(=O)(=O)c3cc(C)ccc3C)CC2)cc1. The van der Waals surface area contributed by atoms with Gasteiger partial charge in [-0.15, -0.1) is 0 Å². The lowest BCUT2D eigenvalue weighted by molar-refractivity contribution is 0.181. The number of aryl methyl sites for hydroxylation is 2. The molecule has 0 spiro atoms. The summed E-state index contributed by atoms with van der Waals surface area (Å²) in [5.74, 6) is 0.846. The summed E-state index contributed by atoms with van der Waals surface area (Å²) >= 11 is 0. The quantitative estimate of drug-likeness (QED) is 0.808. The maximum atomic E-state index is 13.0. The normalized spacial score (nSPS) is 16.6. The summed E-state index contributed by atoms with van der Waals surface area (Å²) in [5.41, 5.74) is 2.97. The van der Waals surface area contributed by atoms with E-state index in [1.807, 2.05) is 38.1 Å². The van der Waals surface area contributed by atoms with Gasteiger partial charge in [0.1, 0.15) is 5.75 Å². The van der Waals surface area contributed by atoms with Gasteiger partial charge in [0.15, 0.2) is 0 Å². The van der Waals surface area contributed by atoms with Crippen LogP contribution in [0.4, 0.5) is 0 Å². The Labute approximate surface area is 156 Å². The first-order valence-electron chi connectivity index (χ1n) is 8.83. The third kappa shape index (κ3) is 4.09. The second-order valence-corrected chi connectivity index (χ2v) is 8.70. The van der Waals surface area contributed by atoms with E-state index in [2.05, 4.69) is 17.0 Å². The molecule has 5 nitrogen and oxygen atoms in total. The number of rotatable bonds is 5. The lowest BCUT2D eigenvalue weighted by atomic mass is 10.2. The molecule has 1 saturated heterocycles. The lowest BCUT2D eigenvalue weighted by Crippen LogP contribution is -2.48. The molecule has 0 saturated carbocycles. The summed E-state index contributed by atoms with van der Waals surface area (Å²) < 4.78 is 32.8. The highest BCUT2D eigenvalue weighted by Crippen LogP contribution is 2.23. The van der Waals surface area contributed by atoms with Gasteiger partial charge in [-0.3, -0.25) is 4.90 Å². The van der Waals surface area contributed by atoms with Crippen LogP contribution in [-0.4, -0.2) is 50.9 Å². The van der Waals surface area contributed by atoms with Crippen LogP contribution >= 0.6 is 0 Å². The van der Waals surface area contributed by atoms with Gasteiger partial charge in [-0.25, -0.2) is 8.42 Å². The van der Waals surface area contributed by atoms with Crippen LogP contribution in [0.5, 0.6) is 5.75 Å². The second kappa shape index (κ2) is 7.78. The third-order valence-electron chi connectivity index (χ3n) is 4.86. The van der Waals surface area contributed by atoms with E-state index in [-0.39, 0.29) is 0 Å². The van der Waals surface area contributed by atoms with Gasteiger partial charge in [0.05, 0.1) is 12.0 Å². The van der Waals surface area contributed by atoms with Crippen molar-refractivity contribution in [3.05, 3.63) is 59.2 Å². The number of benzene rings is 2. The first kappa shape index (κ1) is 18.9. The highest BCUT2D eigenvalue weighted by atomic mass is 32.2. The van der Waals surface area contributed by atoms with E-state index in [0.29, 0.717) is 18.0 Å². The number of ether oxygens (including phenoxy) is 1. The topological polar surface area (TPSA) is 49.9 Å². The van der Waals surface area contributed by atoms with Gasteiger partial charge in [-0.1, -0.05) is 24.3 Å². The molecular weight excluding hydrogens is 348 g/mol. The third-order valence-corrected chi connectivity index (χ3v) is 6.90. The van der Waals surface area contributed by atoms with Gasteiger partial charge >= 0.3 is 0 Å². The average Bonchev–Trinajstić information content (AvgIpc) is 2.65. The summed E-state index contributed by atoms with van der Waals surface area (Å²) in [4.78, 5) is 2.72. The molecule has 0 radical (unpaired) electrons. The predicted octanol–water partition coefficient (Wildman–Crippen LogP) is 2.82. The summed E-state index contributed by atoms with van der Waals surface area (Å²) in [6.45, 7) is 7.10. The van der Waals surface area contributed by atoms with E-state index < -0.39 is 10.0 Å². The van der Waals surface area contributed by atoms with E-state index in [4.69, 9.17) is 4.74 Å². The maximum Gasteiger partial charge on any atom is 0.243 e. The largest absolute Gasteiger partial charge is 0.497 e. The first-order chi connectivity index (χ1) is 12.4. The van der Waals surface area contributed by atoms with Crippen molar-refractivity contribution in [2.45, 2.75) is 25.3 Å². The van der Waals surface area contributed by atoms with E-state index >= 15 is 0 Å². The smallest absolute Gasteiger partial charge is 0.243 e. The molecule has 0 aliphatic carbocycles. The van der Waals surface area contributed by atoms with Gasteiger partial charge in [0.25, 0.3) is 0 Å². The minimum atomic E-state index is -3.43. The van der Waals surface area contributed by atoms with Crippen molar-refractivity contribution < 1.29 is 13.2 Å². The molecule has 0 atom stereocenters. The van der Waals surface area contributed by atoms with Crippen molar-refractivity contribution in [2.24, 2.45) is 0 Å². The van der Waals surface area contributed by atoms with Crippen LogP contribution in [0.3, 0.4) is 0 Å². The van der Waals surface area contributed by atoms with Gasteiger partial charge in [0.2, 0.25) is 10.0 Å². The van der Waals surface area contributed by atoms with E-state index in [0.717, 1.165) is 36.5 Å². The first-order valence-corrected chi connectivity index (χ1v) is 10.3. The Morgan fingerprint density at radius 3 is 2.23 bits per heavy atom. The molecular formula is C20H26N2O3S. The summed E-state index contributed by atoms with van der Waals surface area (Å²) in [6, 6.07) is 13.6. The number of piperazine rings is 1. The number of hydrogen-bond donors (Lipinski definition) is 0. The Kier molecular flexibility index (Phi) is 5.65. The minimum absolute atomic E-state index is 0.432. The second-order valence-electron chi connectivity index (χ2n) is 6.80. The molecule has 1 fully saturated rings. The molecule has 0 aromatic heterocycles. The number of hydrogen-bond acceptors (Lipinski definition) is 4. The Balaban J connectivity index is 1.64. The van der Waals surface area contributed by atoms with Crippen molar-refractivity contribution in [3.8, 4) is 5.75 Å². The molecule has 140 valence electrons. The van der Waals surface area contributed by atoms with Crippen LogP contribution in [0, 0.1) is 13.8 Å². The Morgan fingerprint density at radius 1 is 0.962 bits per heavy atom. The van der Waals surface area contributed by atoms with Gasteiger partial charge in [-0.05, 0) is 48.7 Å². The molecule has 1 aliphatic heterocycles.